The fourth-order valence-corrected chi connectivity index (χ4v) is 5.75. The molecule has 0 radical (unpaired) electrons. The second-order valence-corrected chi connectivity index (χ2v) is 22.6. The standard InChI is InChI=1S/C27H54O3Si2/c1-22(20-23(2)21-29-31(9,10)26(3,4)5)16-15-18-25(24-17-13-14-19-28-24)30-32(11,12)27(6,7)8/h15-16,18,23-25H,13-14,17,19-21H2,1-12H3/b18-15+,22-16+/t23-,24?,25?/m1/s1. The Morgan fingerprint density at radius 3 is 2.09 bits per heavy atom. The predicted octanol–water partition coefficient (Wildman–Crippen LogP) is 8.50. The Morgan fingerprint density at radius 1 is 1.00 bits per heavy atom. The van der Waals surface area contributed by atoms with Crippen molar-refractivity contribution in [2.45, 2.75) is 130 Å². The molecule has 0 spiro atoms. The van der Waals surface area contributed by atoms with Gasteiger partial charge >= 0.3 is 0 Å². The molecule has 0 N–H and O–H groups in total. The normalized spacial score (nSPS) is 21.8. The molecule has 0 bridgehead atoms. The Balaban J connectivity index is 2.76. The minimum Gasteiger partial charge on any atom is -0.417 e. The van der Waals surface area contributed by atoms with Gasteiger partial charge in [0.25, 0.3) is 0 Å². The first-order chi connectivity index (χ1) is 14.5. The maximum atomic E-state index is 6.80. The SMILES string of the molecule is C/C(=C\C=C\C(O[Si](C)(C)C(C)(C)C)C1CCCCO1)C[C@@H](C)CO[Si](C)(C)C(C)(C)C. The van der Waals surface area contributed by atoms with Gasteiger partial charge in [0, 0.05) is 13.2 Å². The highest BCUT2D eigenvalue weighted by atomic mass is 28.4. The van der Waals surface area contributed by atoms with Crippen LogP contribution >= 0.6 is 0 Å². The van der Waals surface area contributed by atoms with Gasteiger partial charge in [-0.1, -0.05) is 72.3 Å². The van der Waals surface area contributed by atoms with Gasteiger partial charge in [0.2, 0.25) is 0 Å². The van der Waals surface area contributed by atoms with Crippen molar-refractivity contribution in [2.75, 3.05) is 13.2 Å². The highest BCUT2D eigenvalue weighted by Gasteiger charge is 2.40. The molecule has 0 aromatic carbocycles. The van der Waals surface area contributed by atoms with Crippen molar-refractivity contribution in [3.63, 3.8) is 0 Å². The quantitative estimate of drug-likeness (QED) is 0.231. The first-order valence-corrected chi connectivity index (χ1v) is 18.6. The van der Waals surface area contributed by atoms with E-state index in [1.54, 1.807) is 0 Å². The van der Waals surface area contributed by atoms with E-state index in [0.717, 1.165) is 26.1 Å². The fraction of sp³-hybridized carbons (Fsp3) is 0.852. The third kappa shape index (κ3) is 9.57. The van der Waals surface area contributed by atoms with Gasteiger partial charge in [-0.25, -0.2) is 0 Å². The zero-order valence-electron chi connectivity index (χ0n) is 23.4. The zero-order valence-corrected chi connectivity index (χ0v) is 25.4. The Kier molecular flexibility index (Phi) is 11.2. The van der Waals surface area contributed by atoms with Crippen LogP contribution in [0.3, 0.4) is 0 Å². The van der Waals surface area contributed by atoms with Gasteiger partial charge < -0.3 is 13.6 Å². The molecule has 0 saturated carbocycles. The van der Waals surface area contributed by atoms with Gasteiger partial charge in [-0.15, -0.1) is 0 Å². The molecule has 0 amide bonds. The summed E-state index contributed by atoms with van der Waals surface area (Å²) in [7, 11) is -3.54. The second-order valence-electron chi connectivity index (χ2n) is 13.0. The van der Waals surface area contributed by atoms with Crippen molar-refractivity contribution >= 4 is 16.6 Å². The zero-order chi connectivity index (χ0) is 24.8. The summed E-state index contributed by atoms with van der Waals surface area (Å²) >= 11 is 0. The van der Waals surface area contributed by atoms with Crippen molar-refractivity contribution in [1.82, 2.24) is 0 Å². The van der Waals surface area contributed by atoms with E-state index < -0.39 is 16.6 Å². The van der Waals surface area contributed by atoms with Gasteiger partial charge in [0.15, 0.2) is 16.6 Å². The predicted molar refractivity (Wildman–Crippen MR) is 145 cm³/mol. The van der Waals surface area contributed by atoms with Crippen molar-refractivity contribution in [1.29, 1.82) is 0 Å². The van der Waals surface area contributed by atoms with Crippen molar-refractivity contribution in [3.8, 4) is 0 Å². The minimum atomic E-state index is -1.86. The molecule has 32 heavy (non-hydrogen) atoms. The lowest BCUT2D eigenvalue weighted by atomic mass is 10.0. The molecule has 1 saturated heterocycles. The summed E-state index contributed by atoms with van der Waals surface area (Å²) in [6.45, 7) is 29.4. The van der Waals surface area contributed by atoms with E-state index in [9.17, 15) is 0 Å². The summed E-state index contributed by atoms with van der Waals surface area (Å²) < 4.78 is 19.3. The topological polar surface area (TPSA) is 27.7 Å². The Bertz CT molecular complexity index is 618. The first-order valence-electron chi connectivity index (χ1n) is 12.7. The summed E-state index contributed by atoms with van der Waals surface area (Å²) in [6, 6.07) is 0. The molecule has 188 valence electrons. The van der Waals surface area contributed by atoms with Crippen LogP contribution in [0.25, 0.3) is 0 Å². The van der Waals surface area contributed by atoms with Gasteiger partial charge in [0.1, 0.15) is 0 Å². The number of hydrogen-bond donors (Lipinski definition) is 0. The maximum Gasteiger partial charge on any atom is 0.193 e. The van der Waals surface area contributed by atoms with Crippen LogP contribution in [0.2, 0.25) is 36.3 Å². The van der Waals surface area contributed by atoms with Gasteiger partial charge in [-0.05, 0) is 74.8 Å². The summed E-state index contributed by atoms with van der Waals surface area (Å²) in [5.74, 6) is 0.523. The highest BCUT2D eigenvalue weighted by molar-refractivity contribution is 6.74. The van der Waals surface area contributed by atoms with E-state index in [0.29, 0.717) is 5.92 Å². The molecule has 3 nitrogen and oxygen atoms in total. The average Bonchev–Trinajstić information content (AvgIpc) is 2.64. The highest BCUT2D eigenvalue weighted by Crippen LogP contribution is 2.39. The maximum absolute atomic E-state index is 6.80. The fourth-order valence-electron chi connectivity index (χ4n) is 3.35. The lowest BCUT2D eigenvalue weighted by Gasteiger charge is -2.41. The summed E-state index contributed by atoms with van der Waals surface area (Å²) in [6.07, 6.45) is 11.5. The van der Waals surface area contributed by atoms with Crippen LogP contribution < -0.4 is 0 Å². The molecule has 0 aromatic heterocycles. The van der Waals surface area contributed by atoms with Gasteiger partial charge in [-0.3, -0.25) is 0 Å². The van der Waals surface area contributed by atoms with Crippen LogP contribution in [0.1, 0.15) is 81.1 Å². The van der Waals surface area contributed by atoms with E-state index in [-0.39, 0.29) is 22.3 Å². The Labute approximate surface area is 202 Å². The molecule has 1 heterocycles. The number of hydrogen-bond acceptors (Lipinski definition) is 3. The second kappa shape index (κ2) is 12.0. The average molecular weight is 483 g/mol. The summed E-state index contributed by atoms with van der Waals surface area (Å²) in [5.41, 5.74) is 1.39. The monoisotopic (exact) mass is 482 g/mol. The smallest absolute Gasteiger partial charge is 0.193 e. The molecular weight excluding hydrogens is 428 g/mol. The molecule has 1 rings (SSSR count). The van der Waals surface area contributed by atoms with Crippen molar-refractivity contribution < 1.29 is 13.6 Å². The minimum absolute atomic E-state index is 0.0413. The molecule has 1 aliphatic heterocycles. The molecule has 0 aliphatic carbocycles. The van der Waals surface area contributed by atoms with Crippen LogP contribution in [-0.4, -0.2) is 42.1 Å². The number of allylic oxidation sites excluding steroid dienone is 3. The lowest BCUT2D eigenvalue weighted by Crippen LogP contribution is -2.47. The molecule has 1 fully saturated rings. The van der Waals surface area contributed by atoms with Gasteiger partial charge in [-0.2, -0.15) is 0 Å². The molecule has 2 unspecified atom stereocenters. The van der Waals surface area contributed by atoms with Crippen LogP contribution in [-0.2, 0) is 13.6 Å². The Morgan fingerprint density at radius 2 is 1.59 bits per heavy atom. The third-order valence-corrected chi connectivity index (χ3v) is 16.7. The Hall–Kier alpha value is -0.206. The molecule has 5 heteroatoms. The van der Waals surface area contributed by atoms with E-state index in [4.69, 9.17) is 13.6 Å². The van der Waals surface area contributed by atoms with Crippen LogP contribution in [0.15, 0.2) is 23.8 Å². The van der Waals surface area contributed by atoms with E-state index in [1.807, 2.05) is 0 Å². The molecular formula is C27H54O3Si2. The summed E-state index contributed by atoms with van der Waals surface area (Å²) in [4.78, 5) is 0. The molecule has 0 aromatic rings. The van der Waals surface area contributed by atoms with E-state index in [2.05, 4.69) is 99.8 Å². The lowest BCUT2D eigenvalue weighted by molar-refractivity contribution is -0.0396. The summed E-state index contributed by atoms with van der Waals surface area (Å²) in [5, 5.41) is 0.458. The third-order valence-electron chi connectivity index (χ3n) is 7.71. The van der Waals surface area contributed by atoms with Crippen molar-refractivity contribution in [2.24, 2.45) is 5.92 Å². The molecule has 3 atom stereocenters. The van der Waals surface area contributed by atoms with Crippen LogP contribution in [0, 0.1) is 5.92 Å². The van der Waals surface area contributed by atoms with Crippen LogP contribution in [0.4, 0.5) is 0 Å². The largest absolute Gasteiger partial charge is 0.417 e. The van der Waals surface area contributed by atoms with Crippen LogP contribution in [0.5, 0.6) is 0 Å². The van der Waals surface area contributed by atoms with Crippen molar-refractivity contribution in [3.05, 3.63) is 23.8 Å². The van der Waals surface area contributed by atoms with Gasteiger partial charge in [0.05, 0.1) is 12.2 Å². The number of ether oxygens (including phenoxy) is 1. The molecule has 1 aliphatic rings. The first kappa shape index (κ1) is 29.8. The van der Waals surface area contributed by atoms with E-state index in [1.165, 1.54) is 18.4 Å². The number of rotatable bonds is 10. The van der Waals surface area contributed by atoms with E-state index >= 15 is 0 Å².